The van der Waals surface area contributed by atoms with Crippen LogP contribution in [0, 0.1) is 18.9 Å². The van der Waals surface area contributed by atoms with E-state index in [9.17, 15) is 53.4 Å². The van der Waals surface area contributed by atoms with Gasteiger partial charge in [-0.2, -0.15) is 0 Å². The lowest BCUT2D eigenvalue weighted by Gasteiger charge is -2.28. The third-order valence-corrected chi connectivity index (χ3v) is 15.3. The molecule has 1 aliphatic rings. The molecule has 23 nitrogen and oxygen atoms in total. The van der Waals surface area contributed by atoms with Crippen molar-refractivity contribution in [3.05, 3.63) is 36.9 Å². The summed E-state index contributed by atoms with van der Waals surface area (Å²) in [4.78, 5) is 109. The maximum atomic E-state index is 13.0. The third-order valence-electron chi connectivity index (χ3n) is 15.3. The van der Waals surface area contributed by atoms with E-state index in [1.807, 2.05) is 0 Å². The summed E-state index contributed by atoms with van der Waals surface area (Å²) in [5, 5.41) is 44.4. The number of unbranched alkanes of at least 4 members (excludes halogenated alkanes) is 16. The predicted molar refractivity (Wildman–Crippen MR) is 324 cm³/mol. The Morgan fingerprint density at radius 2 is 1.07 bits per heavy atom. The van der Waals surface area contributed by atoms with Gasteiger partial charge in [-0.3, -0.25) is 43.7 Å². The van der Waals surface area contributed by atoms with E-state index in [1.165, 1.54) is 76.3 Å². The molecule has 3 atom stereocenters. The molecule has 1 fully saturated rings. The summed E-state index contributed by atoms with van der Waals surface area (Å²) in [6, 6.07) is 3.71. The standard InChI is InChI=1S/C63H105N7O16/c1-65-53(56(73)45-68-55(61(64)79)43-48-27-31-52(72)32-28-48)22-18-19-35-66-58(75)46-86-42-40-84-38-36-67-59(76)47-85-41-39-83-37-20-21-51(71)33-34-54(63(81)82)70-62(80)50-29-25-49(26-30-50)44-69-57(74)23-16-14-12-10-8-6-4-2-3-5-7-9-11-13-15-17-24-60(77)78/h1,27-28,31-32,49-50,53-55,65,68,72H,2-26,29-30,33-47H2,(H2,64,79)(H,66,75)(H,67,76)(H,69,74)(H,70,80)(H,77,78)(H,81,82)/t49?,50?,53-,54?,55-/m0/s1. The highest BCUT2D eigenvalue weighted by Gasteiger charge is 2.30. The molecule has 2 radical (unpaired) electrons. The van der Waals surface area contributed by atoms with Gasteiger partial charge in [-0.25, -0.2) is 4.79 Å². The number of benzene rings is 1. The van der Waals surface area contributed by atoms with E-state index >= 15 is 0 Å². The Kier molecular flexibility index (Phi) is 44.8. The lowest BCUT2D eigenvalue weighted by molar-refractivity contribution is -0.143. The van der Waals surface area contributed by atoms with Crippen molar-refractivity contribution in [3.63, 3.8) is 0 Å². The second-order valence-corrected chi connectivity index (χ2v) is 22.6. The molecule has 0 spiro atoms. The van der Waals surface area contributed by atoms with Crippen molar-refractivity contribution in [2.24, 2.45) is 17.6 Å². The summed E-state index contributed by atoms with van der Waals surface area (Å²) in [5.74, 6) is -3.71. The molecule has 23 heteroatoms. The number of hydrogen-bond donors (Lipinski definition) is 10. The highest BCUT2D eigenvalue weighted by Crippen LogP contribution is 2.29. The number of rotatable bonds is 57. The van der Waals surface area contributed by atoms with E-state index in [-0.39, 0.29) is 151 Å². The first-order chi connectivity index (χ1) is 41.6. The maximum absolute atomic E-state index is 13.0. The Balaban J connectivity index is 1.37. The van der Waals surface area contributed by atoms with Crippen molar-refractivity contribution in [2.45, 2.75) is 211 Å². The van der Waals surface area contributed by atoms with Gasteiger partial charge in [0, 0.05) is 64.9 Å². The molecule has 0 bridgehead atoms. The van der Waals surface area contributed by atoms with Gasteiger partial charge in [-0.05, 0) is 101 Å². The topological polar surface area (TPSA) is 349 Å². The first kappa shape index (κ1) is 76.5. The molecule has 488 valence electrons. The van der Waals surface area contributed by atoms with Gasteiger partial charge in [0.1, 0.15) is 30.8 Å². The van der Waals surface area contributed by atoms with Gasteiger partial charge in [-0.15, -0.1) is 0 Å². The molecule has 1 aromatic carbocycles. The zero-order valence-electron chi connectivity index (χ0n) is 51.2. The Morgan fingerprint density at radius 1 is 0.535 bits per heavy atom. The van der Waals surface area contributed by atoms with Crippen LogP contribution >= 0.6 is 0 Å². The van der Waals surface area contributed by atoms with Crippen molar-refractivity contribution in [2.75, 3.05) is 79.0 Å². The molecule has 0 aromatic heterocycles. The summed E-state index contributed by atoms with van der Waals surface area (Å²) in [6.45, 7) is 1.94. The summed E-state index contributed by atoms with van der Waals surface area (Å²) in [7, 11) is 5.60. The van der Waals surface area contributed by atoms with Gasteiger partial charge in [-0.1, -0.05) is 102 Å². The molecule has 1 aliphatic carbocycles. The number of carbonyl (C=O) groups is 9. The SMILES string of the molecule is [CH]N[C@@H](CCCCNC(=O)COCCOCCNC(=O)COCCOCCCC(=O)CCC(NC(=O)C1CCC(CNC(=O)CCCCCCCCCCCCCCCCCCC(=O)O)CC1)C(=O)O)C(=O)CN[C@@H](Cc1ccc(O)cc1)C(N)=O. The fraction of sp³-hybridized carbons (Fsp3) is 0.746. The van der Waals surface area contributed by atoms with E-state index < -0.39 is 36.0 Å². The molecule has 0 aliphatic heterocycles. The number of hydrogen-bond acceptors (Lipinski definition) is 16. The van der Waals surface area contributed by atoms with Crippen LogP contribution < -0.4 is 37.6 Å². The second-order valence-electron chi connectivity index (χ2n) is 22.6. The number of ketones is 2. The maximum Gasteiger partial charge on any atom is 0.326 e. The lowest BCUT2D eigenvalue weighted by atomic mass is 9.81. The van der Waals surface area contributed by atoms with Crippen LogP contribution in [0.25, 0.3) is 0 Å². The van der Waals surface area contributed by atoms with E-state index in [0.717, 1.165) is 56.9 Å². The highest BCUT2D eigenvalue weighted by atomic mass is 16.5. The number of phenolic OH excluding ortho intramolecular Hbond substituents is 1. The lowest BCUT2D eigenvalue weighted by Crippen LogP contribution is -2.48. The fourth-order valence-electron chi connectivity index (χ4n) is 10.0. The molecule has 11 N–H and O–H groups in total. The van der Waals surface area contributed by atoms with Crippen LogP contribution in [-0.4, -0.2) is 166 Å². The zero-order valence-corrected chi connectivity index (χ0v) is 51.2. The number of aromatic hydroxyl groups is 1. The Bertz CT molecular complexity index is 2060. The van der Waals surface area contributed by atoms with Crippen LogP contribution in [0.2, 0.25) is 0 Å². The van der Waals surface area contributed by atoms with Gasteiger partial charge in [0.05, 0.1) is 51.7 Å². The largest absolute Gasteiger partial charge is 0.508 e. The summed E-state index contributed by atoms with van der Waals surface area (Å²) >= 11 is 0. The molecule has 5 amide bonds. The van der Waals surface area contributed by atoms with E-state index in [1.54, 1.807) is 12.1 Å². The van der Waals surface area contributed by atoms with Crippen molar-refractivity contribution in [1.82, 2.24) is 31.9 Å². The van der Waals surface area contributed by atoms with Crippen LogP contribution in [0.3, 0.4) is 0 Å². The van der Waals surface area contributed by atoms with Crippen LogP contribution in [0.1, 0.15) is 192 Å². The average Bonchev–Trinajstić information content (AvgIpc) is 3.70. The second kappa shape index (κ2) is 50.4. The molecule has 1 aromatic rings. The van der Waals surface area contributed by atoms with Crippen LogP contribution in [-0.2, 0) is 68.5 Å². The van der Waals surface area contributed by atoms with E-state index in [4.69, 9.17) is 36.8 Å². The smallest absolute Gasteiger partial charge is 0.326 e. The number of carbonyl (C=O) groups excluding carboxylic acids is 7. The quantitative estimate of drug-likeness (QED) is 0.0273. The number of phenols is 1. The minimum atomic E-state index is -1.19. The van der Waals surface area contributed by atoms with E-state index in [2.05, 4.69) is 31.9 Å². The molecule has 2 rings (SSSR count). The monoisotopic (exact) mass is 1220 g/mol. The molecule has 0 heterocycles. The van der Waals surface area contributed by atoms with Gasteiger partial charge in [0.2, 0.25) is 29.5 Å². The minimum Gasteiger partial charge on any atom is -0.508 e. The number of nitrogens with two attached hydrogens (primary N) is 1. The fourth-order valence-corrected chi connectivity index (χ4v) is 10.0. The van der Waals surface area contributed by atoms with Crippen LogP contribution in [0.4, 0.5) is 0 Å². The molecule has 0 saturated heterocycles. The molecule has 86 heavy (non-hydrogen) atoms. The van der Waals surface area contributed by atoms with Gasteiger partial charge in [0.25, 0.3) is 0 Å². The highest BCUT2D eigenvalue weighted by molar-refractivity contribution is 5.88. The van der Waals surface area contributed by atoms with Crippen LogP contribution in [0.15, 0.2) is 24.3 Å². The number of carboxylic acids is 2. The van der Waals surface area contributed by atoms with Gasteiger partial charge >= 0.3 is 11.9 Å². The molecule has 1 unspecified atom stereocenters. The molecule has 1 saturated carbocycles. The number of amides is 5. The number of aliphatic carboxylic acids is 2. The zero-order chi connectivity index (χ0) is 62.8. The Labute approximate surface area is 510 Å². The summed E-state index contributed by atoms with van der Waals surface area (Å²) in [5.41, 5.74) is 6.27. The number of primary amides is 1. The average molecular weight is 1220 g/mol. The summed E-state index contributed by atoms with van der Waals surface area (Å²) < 4.78 is 21.6. The van der Waals surface area contributed by atoms with Crippen molar-refractivity contribution in [1.29, 1.82) is 0 Å². The van der Waals surface area contributed by atoms with Crippen LogP contribution in [0.5, 0.6) is 5.75 Å². The number of carboxylic acid groups (broad SMARTS) is 2. The number of Topliss-reactive ketones (excluding diaryl/α,β-unsaturated/α-hetero) is 2. The van der Waals surface area contributed by atoms with Gasteiger partial charge < -0.3 is 66.6 Å². The summed E-state index contributed by atoms with van der Waals surface area (Å²) in [6.07, 6.45) is 24.7. The van der Waals surface area contributed by atoms with Gasteiger partial charge in [0.15, 0.2) is 5.78 Å². The third kappa shape index (κ3) is 41.5. The van der Waals surface area contributed by atoms with Crippen molar-refractivity contribution >= 4 is 53.0 Å². The predicted octanol–water partition coefficient (Wildman–Crippen LogP) is 5.77. The van der Waals surface area contributed by atoms with Crippen molar-refractivity contribution in [3.8, 4) is 5.75 Å². The minimum absolute atomic E-state index is 0.00508. The van der Waals surface area contributed by atoms with Crippen molar-refractivity contribution < 1.29 is 77.4 Å². The first-order valence-corrected chi connectivity index (χ1v) is 31.7. The molecular formula is C63H105N7O16. The van der Waals surface area contributed by atoms with E-state index in [0.29, 0.717) is 58.0 Å². The Hall–Kier alpha value is -5.59. The number of ether oxygens (including phenoxy) is 4. The number of nitrogens with one attached hydrogen (secondary N) is 6. The normalized spacial score (nSPS) is 15.0. The Morgan fingerprint density at radius 3 is 1.62 bits per heavy atom. The first-order valence-electron chi connectivity index (χ1n) is 31.7. The molecular weight excluding hydrogens is 1110 g/mol.